The molecule has 0 spiro atoms. The van der Waals surface area contributed by atoms with Crippen LogP contribution in [0.25, 0.3) is 27.7 Å². The third-order valence-electron chi connectivity index (χ3n) is 8.33. The summed E-state index contributed by atoms with van der Waals surface area (Å²) in [6.45, 7) is 11.1. The number of nitrogens with zero attached hydrogens (tertiary/aromatic N) is 5. The first-order chi connectivity index (χ1) is 21.4. The third kappa shape index (κ3) is 4.61. The number of benzene rings is 2. The summed E-state index contributed by atoms with van der Waals surface area (Å²) in [5.74, 6) is -5.69. The summed E-state index contributed by atoms with van der Waals surface area (Å²) < 4.78 is 53.9. The number of aryl methyl sites for hydroxylation is 1. The van der Waals surface area contributed by atoms with Gasteiger partial charge in [-0.2, -0.15) is 4.98 Å². The predicted molar refractivity (Wildman–Crippen MR) is 164 cm³/mol. The van der Waals surface area contributed by atoms with Gasteiger partial charge in [-0.05, 0) is 49.6 Å². The Bertz CT molecular complexity index is 1980. The van der Waals surface area contributed by atoms with E-state index in [0.29, 0.717) is 23.0 Å². The molecule has 2 unspecified atom stereocenters. The molecule has 6 rings (SSSR count). The van der Waals surface area contributed by atoms with Crippen molar-refractivity contribution in [2.75, 3.05) is 24.6 Å². The molecule has 0 aliphatic carbocycles. The number of fused-ring (bicyclic) bond motifs is 2. The van der Waals surface area contributed by atoms with Gasteiger partial charge in [0.2, 0.25) is 5.91 Å². The van der Waals surface area contributed by atoms with Gasteiger partial charge < -0.3 is 19.6 Å². The summed E-state index contributed by atoms with van der Waals surface area (Å²) in [6, 6.07) is 2.28. The van der Waals surface area contributed by atoms with Crippen LogP contribution in [0.4, 0.5) is 19.0 Å². The lowest BCUT2D eigenvalue weighted by Gasteiger charge is -2.45. The van der Waals surface area contributed by atoms with Crippen molar-refractivity contribution in [3.05, 3.63) is 81.3 Å². The van der Waals surface area contributed by atoms with Gasteiger partial charge in [0, 0.05) is 30.9 Å². The molecule has 9 nitrogen and oxygen atoms in total. The number of aromatic hydroxyl groups is 1. The van der Waals surface area contributed by atoms with Gasteiger partial charge in [-0.25, -0.2) is 18.0 Å². The van der Waals surface area contributed by atoms with Crippen LogP contribution in [0.3, 0.4) is 0 Å². The first-order valence-electron chi connectivity index (χ1n) is 14.3. The smallest absolute Gasteiger partial charge is 0.354 e. The summed E-state index contributed by atoms with van der Waals surface area (Å²) in [5, 5.41) is 10.2. The summed E-state index contributed by atoms with van der Waals surface area (Å²) in [7, 11) is 0. The molecule has 1 fully saturated rings. The Labute approximate surface area is 261 Å². The SMILES string of the molecule is C=CC(=O)N1CC(C)N2c3nc(=O)n(-c4c(C)ccnc4C(C)C)c4c(Cl)c(-c5c(O)ccc(F)c5F)c(F)c(c34)OCC2C1. The molecule has 0 bridgehead atoms. The van der Waals surface area contributed by atoms with Crippen molar-refractivity contribution < 1.29 is 27.8 Å². The summed E-state index contributed by atoms with van der Waals surface area (Å²) in [4.78, 5) is 39.1. The van der Waals surface area contributed by atoms with Crippen molar-refractivity contribution in [1.82, 2.24) is 19.4 Å². The number of hydrogen-bond donors (Lipinski definition) is 1. The Morgan fingerprint density at radius 3 is 2.60 bits per heavy atom. The van der Waals surface area contributed by atoms with E-state index in [1.54, 1.807) is 29.0 Å². The molecule has 2 aromatic heterocycles. The lowest BCUT2D eigenvalue weighted by Crippen LogP contribution is -2.61. The number of aromatic nitrogens is 3. The number of anilines is 1. The number of pyridine rings is 1. The van der Waals surface area contributed by atoms with Crippen LogP contribution in [0.15, 0.2) is 41.8 Å². The molecule has 1 N–H and O–H groups in total. The maximum Gasteiger partial charge on any atom is 0.354 e. The van der Waals surface area contributed by atoms with Gasteiger partial charge in [0.05, 0.1) is 38.9 Å². The minimum atomic E-state index is -1.54. The van der Waals surface area contributed by atoms with Crippen molar-refractivity contribution in [3.63, 3.8) is 0 Å². The normalized spacial score (nSPS) is 17.7. The van der Waals surface area contributed by atoms with Gasteiger partial charge in [0.1, 0.15) is 18.2 Å². The van der Waals surface area contributed by atoms with Gasteiger partial charge in [0.15, 0.2) is 23.2 Å². The summed E-state index contributed by atoms with van der Waals surface area (Å²) in [5.41, 5.74) is -0.937. The standard InChI is InChI=1S/C32H29ClF3N5O4/c1-6-20(43)39-11-16(5)40-17(12-39)13-45-30-23-29(24(33)22(26(30)36)21-19(42)8-7-18(34)25(21)35)41(32(44)38-31(23)40)28-15(4)9-10-37-27(28)14(2)3/h6-10,14,16-17,42H,1,11-13H2,2-5H3. The molecule has 1 amide bonds. The quantitative estimate of drug-likeness (QED) is 0.289. The molecular formula is C32H29ClF3N5O4. The number of rotatable bonds is 4. The average Bonchev–Trinajstić information content (AvgIpc) is 3.16. The van der Waals surface area contributed by atoms with E-state index < -0.39 is 62.9 Å². The highest BCUT2D eigenvalue weighted by Crippen LogP contribution is 2.50. The number of phenolic OH excluding ortho intramolecular Hbond substituents is 1. The first-order valence-corrected chi connectivity index (χ1v) is 14.7. The van der Waals surface area contributed by atoms with Crippen molar-refractivity contribution in [2.24, 2.45) is 0 Å². The lowest BCUT2D eigenvalue weighted by molar-refractivity contribution is -0.127. The van der Waals surface area contributed by atoms with Gasteiger partial charge >= 0.3 is 5.69 Å². The molecule has 2 atom stereocenters. The number of phenols is 1. The van der Waals surface area contributed by atoms with Crippen molar-refractivity contribution in [2.45, 2.75) is 45.7 Å². The molecule has 0 saturated carbocycles. The van der Waals surface area contributed by atoms with Crippen LogP contribution in [-0.4, -0.2) is 62.2 Å². The van der Waals surface area contributed by atoms with Gasteiger partial charge in [-0.15, -0.1) is 0 Å². The zero-order chi connectivity index (χ0) is 32.5. The number of hydrogen-bond acceptors (Lipinski definition) is 7. The van der Waals surface area contributed by atoms with E-state index in [1.165, 1.54) is 10.6 Å². The Balaban J connectivity index is 1.79. The van der Waals surface area contributed by atoms with Gasteiger partial charge in [-0.1, -0.05) is 32.0 Å². The second kappa shape index (κ2) is 11.1. The zero-order valence-electron chi connectivity index (χ0n) is 24.9. The highest BCUT2D eigenvalue weighted by atomic mass is 35.5. The number of ether oxygens (including phenoxy) is 1. The highest BCUT2D eigenvalue weighted by molar-refractivity contribution is 6.39. The Morgan fingerprint density at radius 1 is 1.18 bits per heavy atom. The van der Waals surface area contributed by atoms with Crippen LogP contribution in [0.2, 0.25) is 5.02 Å². The number of piperazine rings is 1. The maximum absolute atomic E-state index is 16.8. The molecule has 4 aromatic rings. The Morgan fingerprint density at radius 2 is 1.91 bits per heavy atom. The molecule has 2 aliphatic heterocycles. The summed E-state index contributed by atoms with van der Waals surface area (Å²) >= 11 is 6.98. The molecule has 45 heavy (non-hydrogen) atoms. The van der Waals surface area contributed by atoms with Crippen LogP contribution in [-0.2, 0) is 4.79 Å². The highest BCUT2D eigenvalue weighted by Gasteiger charge is 2.41. The molecule has 2 aromatic carbocycles. The second-order valence-corrected chi connectivity index (χ2v) is 11.9. The largest absolute Gasteiger partial charge is 0.507 e. The first kappa shape index (κ1) is 30.4. The number of carbonyl (C=O) groups excluding carboxylic acids is 1. The van der Waals surface area contributed by atoms with E-state index in [2.05, 4.69) is 16.5 Å². The number of carbonyl (C=O) groups is 1. The van der Waals surface area contributed by atoms with Crippen LogP contribution < -0.4 is 15.3 Å². The van der Waals surface area contributed by atoms with Crippen molar-refractivity contribution in [3.8, 4) is 28.3 Å². The van der Waals surface area contributed by atoms with Crippen LogP contribution in [0.5, 0.6) is 11.5 Å². The number of halogens is 4. The monoisotopic (exact) mass is 639 g/mol. The maximum atomic E-state index is 16.8. The molecule has 1 saturated heterocycles. The van der Waals surface area contributed by atoms with E-state index in [4.69, 9.17) is 16.3 Å². The fourth-order valence-corrected chi connectivity index (χ4v) is 6.72. The summed E-state index contributed by atoms with van der Waals surface area (Å²) in [6.07, 6.45) is 2.79. The lowest BCUT2D eigenvalue weighted by atomic mass is 9.98. The topological polar surface area (TPSA) is 101 Å². The van der Waals surface area contributed by atoms with Gasteiger partial charge in [0.25, 0.3) is 0 Å². The van der Waals surface area contributed by atoms with Crippen LogP contribution in [0, 0.1) is 24.4 Å². The molecule has 13 heteroatoms. The Hall–Kier alpha value is -4.58. The van der Waals surface area contributed by atoms with E-state index in [-0.39, 0.29) is 48.2 Å². The molecule has 2 aliphatic rings. The average molecular weight is 640 g/mol. The fourth-order valence-electron chi connectivity index (χ4n) is 6.36. The molecular weight excluding hydrogens is 611 g/mol. The van der Waals surface area contributed by atoms with Crippen LogP contribution >= 0.6 is 11.6 Å². The number of amides is 1. The fraction of sp³-hybridized carbons (Fsp3) is 0.312. The van der Waals surface area contributed by atoms with E-state index in [0.717, 1.165) is 6.07 Å². The third-order valence-corrected chi connectivity index (χ3v) is 8.70. The molecule has 0 radical (unpaired) electrons. The minimum Gasteiger partial charge on any atom is -0.507 e. The van der Waals surface area contributed by atoms with Crippen molar-refractivity contribution >= 4 is 34.2 Å². The van der Waals surface area contributed by atoms with Crippen LogP contribution in [0.1, 0.15) is 37.9 Å². The second-order valence-electron chi connectivity index (χ2n) is 11.5. The van der Waals surface area contributed by atoms with Crippen molar-refractivity contribution in [1.29, 1.82) is 0 Å². The zero-order valence-corrected chi connectivity index (χ0v) is 25.6. The Kier molecular flexibility index (Phi) is 7.51. The molecule has 4 heterocycles. The van der Waals surface area contributed by atoms with E-state index >= 15 is 8.78 Å². The minimum absolute atomic E-state index is 0.0213. The van der Waals surface area contributed by atoms with E-state index in [1.807, 2.05) is 20.8 Å². The van der Waals surface area contributed by atoms with E-state index in [9.17, 15) is 19.1 Å². The molecule has 234 valence electrons. The van der Waals surface area contributed by atoms with Gasteiger partial charge in [-0.3, -0.25) is 14.3 Å². The predicted octanol–water partition coefficient (Wildman–Crippen LogP) is 5.64.